The first-order valence-electron chi connectivity index (χ1n) is 12.1. The summed E-state index contributed by atoms with van der Waals surface area (Å²) in [4.78, 5) is 28.1. The predicted octanol–water partition coefficient (Wildman–Crippen LogP) is 5.44. The third kappa shape index (κ3) is 5.80. The zero-order valence-corrected chi connectivity index (χ0v) is 20.9. The molecule has 7 nitrogen and oxygen atoms in total. The summed E-state index contributed by atoms with van der Waals surface area (Å²) in [5.74, 6) is 0.494. The minimum atomic E-state index is -0.180. The van der Waals surface area contributed by atoms with Gasteiger partial charge in [0.2, 0.25) is 0 Å². The van der Waals surface area contributed by atoms with E-state index in [0.717, 1.165) is 37.1 Å². The van der Waals surface area contributed by atoms with Gasteiger partial charge in [0, 0.05) is 44.5 Å². The molecule has 1 aromatic carbocycles. The molecule has 5 rings (SSSR count). The number of halogens is 1. The number of aryl methyl sites for hydroxylation is 2. The average Bonchev–Trinajstić information content (AvgIpc) is 3.31. The van der Waals surface area contributed by atoms with Crippen molar-refractivity contribution >= 4 is 17.5 Å². The van der Waals surface area contributed by atoms with Gasteiger partial charge in [-0.2, -0.15) is 0 Å². The van der Waals surface area contributed by atoms with Gasteiger partial charge < -0.3 is 9.73 Å². The van der Waals surface area contributed by atoms with Crippen molar-refractivity contribution in [2.24, 2.45) is 0 Å². The van der Waals surface area contributed by atoms with Crippen molar-refractivity contribution in [1.29, 1.82) is 0 Å². The van der Waals surface area contributed by atoms with Gasteiger partial charge in [0.15, 0.2) is 5.89 Å². The highest BCUT2D eigenvalue weighted by molar-refractivity contribution is 6.29. The predicted molar refractivity (Wildman–Crippen MR) is 137 cm³/mol. The number of carbonyl (C=O) groups is 1. The van der Waals surface area contributed by atoms with Gasteiger partial charge in [0.25, 0.3) is 5.91 Å². The number of hydrogen-bond acceptors (Lipinski definition) is 6. The Bertz CT molecular complexity index is 1340. The SMILES string of the molecule is Cc1nc(CN(Cc2ccc(CNC(=O)c3ccnc(Cl)c3)cc2)C2CCCc3cccnc32)co1. The number of amides is 1. The van der Waals surface area contributed by atoms with Crippen LogP contribution in [0.2, 0.25) is 5.15 Å². The molecular weight excluding hydrogens is 474 g/mol. The fourth-order valence-corrected chi connectivity index (χ4v) is 4.90. The molecule has 1 aliphatic rings. The van der Waals surface area contributed by atoms with Crippen LogP contribution in [-0.4, -0.2) is 25.8 Å². The molecular formula is C28H28ClN5O2. The molecule has 8 heteroatoms. The summed E-state index contributed by atoms with van der Waals surface area (Å²) in [6.45, 7) is 3.74. The number of nitrogens with zero attached hydrogens (tertiary/aromatic N) is 4. The molecule has 1 aliphatic carbocycles. The summed E-state index contributed by atoms with van der Waals surface area (Å²) in [6, 6.07) is 16.0. The summed E-state index contributed by atoms with van der Waals surface area (Å²) < 4.78 is 5.47. The van der Waals surface area contributed by atoms with Crippen LogP contribution in [0.25, 0.3) is 0 Å². The van der Waals surface area contributed by atoms with E-state index in [0.29, 0.717) is 29.7 Å². The van der Waals surface area contributed by atoms with Crippen LogP contribution < -0.4 is 5.32 Å². The van der Waals surface area contributed by atoms with Crippen molar-refractivity contribution in [3.05, 3.63) is 112 Å². The highest BCUT2D eigenvalue weighted by atomic mass is 35.5. The van der Waals surface area contributed by atoms with Crippen molar-refractivity contribution in [3.63, 3.8) is 0 Å². The lowest BCUT2D eigenvalue weighted by atomic mass is 9.90. The third-order valence-corrected chi connectivity index (χ3v) is 6.70. The molecule has 184 valence electrons. The Kier molecular flexibility index (Phi) is 7.39. The van der Waals surface area contributed by atoms with E-state index in [-0.39, 0.29) is 11.9 Å². The summed E-state index contributed by atoms with van der Waals surface area (Å²) in [5, 5.41) is 3.24. The first-order chi connectivity index (χ1) is 17.5. The quantitative estimate of drug-likeness (QED) is 0.324. The van der Waals surface area contributed by atoms with Gasteiger partial charge in [-0.3, -0.25) is 14.7 Å². The zero-order chi connectivity index (χ0) is 24.9. The highest BCUT2D eigenvalue weighted by Gasteiger charge is 2.28. The molecule has 0 bridgehead atoms. The van der Waals surface area contributed by atoms with E-state index in [1.807, 2.05) is 19.2 Å². The fourth-order valence-electron chi connectivity index (χ4n) is 4.73. The standard InChI is InChI=1S/C28H28ClN5O2/c1-19-33-24(18-36-19)17-34(25-6-2-4-22-5-3-12-31-27(22)25)16-21-9-7-20(8-10-21)15-32-28(35)23-11-13-30-26(29)14-23/h3,5,7-14,18,25H,2,4,6,15-17H2,1H3,(H,32,35). The van der Waals surface area contributed by atoms with Crippen molar-refractivity contribution in [2.45, 2.75) is 51.9 Å². The molecule has 4 aromatic rings. The van der Waals surface area contributed by atoms with Crippen molar-refractivity contribution in [2.75, 3.05) is 0 Å². The molecule has 36 heavy (non-hydrogen) atoms. The maximum absolute atomic E-state index is 12.4. The minimum absolute atomic E-state index is 0.180. The average molecular weight is 502 g/mol. The Hall–Kier alpha value is -3.55. The van der Waals surface area contributed by atoms with Gasteiger partial charge in [-0.1, -0.05) is 41.9 Å². The second kappa shape index (κ2) is 11.0. The Morgan fingerprint density at radius 3 is 2.72 bits per heavy atom. The smallest absolute Gasteiger partial charge is 0.251 e. The number of hydrogen-bond donors (Lipinski definition) is 1. The van der Waals surface area contributed by atoms with Gasteiger partial charge in [0.1, 0.15) is 11.4 Å². The lowest BCUT2D eigenvalue weighted by molar-refractivity contribution is 0.0951. The number of fused-ring (bicyclic) bond motifs is 1. The number of rotatable bonds is 8. The Morgan fingerprint density at radius 1 is 1.11 bits per heavy atom. The third-order valence-electron chi connectivity index (χ3n) is 6.49. The second-order valence-electron chi connectivity index (χ2n) is 9.09. The number of benzene rings is 1. The van der Waals surface area contributed by atoms with Gasteiger partial charge >= 0.3 is 0 Å². The topological polar surface area (TPSA) is 84.2 Å². The second-order valence-corrected chi connectivity index (χ2v) is 9.47. The van der Waals surface area contributed by atoms with E-state index in [1.54, 1.807) is 18.4 Å². The van der Waals surface area contributed by atoms with Crippen molar-refractivity contribution < 1.29 is 9.21 Å². The fraction of sp³-hybridized carbons (Fsp3) is 0.286. The Labute approximate surface area is 215 Å². The van der Waals surface area contributed by atoms with Gasteiger partial charge in [-0.15, -0.1) is 0 Å². The minimum Gasteiger partial charge on any atom is -0.449 e. The number of pyridine rings is 2. The first-order valence-corrected chi connectivity index (χ1v) is 12.5. The Morgan fingerprint density at radius 2 is 1.94 bits per heavy atom. The summed E-state index contributed by atoms with van der Waals surface area (Å²) in [5.41, 5.74) is 6.12. The van der Waals surface area contributed by atoms with E-state index in [4.69, 9.17) is 21.0 Å². The molecule has 0 fully saturated rings. The normalized spacial score (nSPS) is 15.0. The molecule has 0 saturated carbocycles. The van der Waals surface area contributed by atoms with Gasteiger partial charge in [-0.25, -0.2) is 9.97 Å². The van der Waals surface area contributed by atoms with E-state index in [9.17, 15) is 4.79 Å². The van der Waals surface area contributed by atoms with Gasteiger partial charge in [-0.05, 0) is 54.2 Å². The van der Waals surface area contributed by atoms with Crippen LogP contribution >= 0.6 is 11.6 Å². The van der Waals surface area contributed by atoms with Gasteiger partial charge in [0.05, 0.1) is 17.4 Å². The zero-order valence-electron chi connectivity index (χ0n) is 20.2. The molecule has 1 amide bonds. The van der Waals surface area contributed by atoms with Crippen molar-refractivity contribution in [1.82, 2.24) is 25.2 Å². The maximum Gasteiger partial charge on any atom is 0.251 e. The van der Waals surface area contributed by atoms with Crippen LogP contribution in [0.5, 0.6) is 0 Å². The molecule has 1 atom stereocenters. The summed E-state index contributed by atoms with van der Waals surface area (Å²) in [6.07, 6.45) is 8.43. The maximum atomic E-state index is 12.4. The van der Waals surface area contributed by atoms with Crippen LogP contribution in [0.4, 0.5) is 0 Å². The van der Waals surface area contributed by atoms with Crippen LogP contribution in [-0.2, 0) is 26.1 Å². The summed E-state index contributed by atoms with van der Waals surface area (Å²) in [7, 11) is 0. The lowest BCUT2D eigenvalue weighted by Gasteiger charge is -2.34. The molecule has 0 radical (unpaired) electrons. The van der Waals surface area contributed by atoms with E-state index in [2.05, 4.69) is 50.5 Å². The van der Waals surface area contributed by atoms with Crippen molar-refractivity contribution in [3.8, 4) is 0 Å². The summed E-state index contributed by atoms with van der Waals surface area (Å²) >= 11 is 5.89. The van der Waals surface area contributed by atoms with E-state index < -0.39 is 0 Å². The Balaban J connectivity index is 1.29. The first kappa shape index (κ1) is 24.2. The van der Waals surface area contributed by atoms with E-state index >= 15 is 0 Å². The van der Waals surface area contributed by atoms with Crippen LogP contribution in [0.3, 0.4) is 0 Å². The molecule has 3 heterocycles. The number of carbonyl (C=O) groups excluding carboxylic acids is 1. The monoisotopic (exact) mass is 501 g/mol. The largest absolute Gasteiger partial charge is 0.449 e. The number of nitrogens with one attached hydrogen (secondary N) is 1. The molecule has 0 aliphatic heterocycles. The lowest BCUT2D eigenvalue weighted by Crippen LogP contribution is -2.31. The molecule has 3 aromatic heterocycles. The van der Waals surface area contributed by atoms with Crippen LogP contribution in [0.15, 0.2) is 71.6 Å². The molecule has 0 saturated heterocycles. The highest BCUT2D eigenvalue weighted by Crippen LogP contribution is 2.34. The van der Waals surface area contributed by atoms with Crippen LogP contribution in [0.1, 0.15) is 63.2 Å². The van der Waals surface area contributed by atoms with Crippen LogP contribution in [0, 0.1) is 6.92 Å². The number of aromatic nitrogens is 3. The number of oxazole rings is 1. The molecule has 0 spiro atoms. The molecule has 1 unspecified atom stereocenters. The molecule has 1 N–H and O–H groups in total. The van der Waals surface area contributed by atoms with E-state index in [1.165, 1.54) is 23.0 Å².